The second-order valence-electron chi connectivity index (χ2n) is 4.89. The van der Waals surface area contributed by atoms with E-state index in [1.807, 2.05) is 11.8 Å². The maximum Gasteiger partial charge on any atom is 0.288 e. The molecule has 0 radical (unpaired) electrons. The Kier molecular flexibility index (Phi) is 4.55. The number of nitro groups is 1. The van der Waals surface area contributed by atoms with Gasteiger partial charge in [-0.05, 0) is 12.1 Å². The average molecular weight is 315 g/mol. The van der Waals surface area contributed by atoms with Gasteiger partial charge >= 0.3 is 0 Å². The summed E-state index contributed by atoms with van der Waals surface area (Å²) in [5.74, 6) is -0.177. The summed E-state index contributed by atoms with van der Waals surface area (Å²) in [5, 5.41) is 11.6. The van der Waals surface area contributed by atoms with E-state index in [0.717, 1.165) is 0 Å². The standard InChI is InChI=1S/C13H15ClN2O3S/c1-8-6-15(7-9(2)20-8)13(17)10-3-4-11(14)12(5-10)16(18)19/h3-5,8-9H,6-7H2,1-2H3. The maximum absolute atomic E-state index is 12.4. The van der Waals surface area contributed by atoms with Crippen molar-refractivity contribution in [2.45, 2.75) is 24.3 Å². The van der Waals surface area contributed by atoms with Crippen LogP contribution in [-0.2, 0) is 0 Å². The molecule has 1 amide bonds. The van der Waals surface area contributed by atoms with Gasteiger partial charge < -0.3 is 4.90 Å². The molecule has 0 saturated carbocycles. The molecule has 1 saturated heterocycles. The molecule has 2 atom stereocenters. The van der Waals surface area contributed by atoms with Gasteiger partial charge in [0.15, 0.2) is 0 Å². The van der Waals surface area contributed by atoms with Crippen LogP contribution in [0.4, 0.5) is 5.69 Å². The molecule has 1 aliphatic heterocycles. The highest BCUT2D eigenvalue weighted by Gasteiger charge is 2.27. The van der Waals surface area contributed by atoms with Crippen LogP contribution in [0.15, 0.2) is 18.2 Å². The lowest BCUT2D eigenvalue weighted by Gasteiger charge is -2.34. The number of rotatable bonds is 2. The number of hydrogen-bond acceptors (Lipinski definition) is 4. The largest absolute Gasteiger partial charge is 0.336 e. The van der Waals surface area contributed by atoms with Crippen molar-refractivity contribution in [1.82, 2.24) is 4.90 Å². The minimum absolute atomic E-state index is 0.0440. The number of hydrogen-bond donors (Lipinski definition) is 0. The van der Waals surface area contributed by atoms with Gasteiger partial charge in [0.2, 0.25) is 0 Å². The molecule has 1 heterocycles. The highest BCUT2D eigenvalue weighted by Crippen LogP contribution is 2.28. The Morgan fingerprint density at radius 3 is 2.55 bits per heavy atom. The Bertz CT molecular complexity index is 542. The van der Waals surface area contributed by atoms with E-state index in [0.29, 0.717) is 29.2 Å². The molecule has 5 nitrogen and oxygen atoms in total. The number of halogens is 1. The van der Waals surface area contributed by atoms with Gasteiger partial charge in [-0.1, -0.05) is 25.4 Å². The van der Waals surface area contributed by atoms with E-state index < -0.39 is 4.92 Å². The number of nitro benzene ring substituents is 1. The lowest BCUT2D eigenvalue weighted by atomic mass is 10.1. The zero-order valence-electron chi connectivity index (χ0n) is 11.2. The van der Waals surface area contributed by atoms with E-state index in [9.17, 15) is 14.9 Å². The lowest BCUT2D eigenvalue weighted by molar-refractivity contribution is -0.384. The van der Waals surface area contributed by atoms with Crippen LogP contribution < -0.4 is 0 Å². The monoisotopic (exact) mass is 314 g/mol. The van der Waals surface area contributed by atoms with Crippen LogP contribution in [-0.4, -0.2) is 39.3 Å². The van der Waals surface area contributed by atoms with E-state index in [2.05, 4.69) is 13.8 Å². The first-order chi connectivity index (χ1) is 9.38. The molecular weight excluding hydrogens is 300 g/mol. The second kappa shape index (κ2) is 6.01. The van der Waals surface area contributed by atoms with Crippen LogP contribution in [0.3, 0.4) is 0 Å². The number of amides is 1. The first kappa shape index (κ1) is 15.1. The third kappa shape index (κ3) is 3.24. The number of carbonyl (C=O) groups is 1. The Balaban J connectivity index is 2.25. The van der Waals surface area contributed by atoms with Gasteiger partial charge in [-0.25, -0.2) is 0 Å². The summed E-state index contributed by atoms with van der Waals surface area (Å²) in [6.45, 7) is 5.46. The smallest absolute Gasteiger partial charge is 0.288 e. The van der Waals surface area contributed by atoms with Crippen molar-refractivity contribution in [1.29, 1.82) is 0 Å². The minimum atomic E-state index is -0.573. The van der Waals surface area contributed by atoms with Crippen LogP contribution in [0.1, 0.15) is 24.2 Å². The van der Waals surface area contributed by atoms with Crippen molar-refractivity contribution in [2.24, 2.45) is 0 Å². The predicted octanol–water partition coefficient (Wildman–Crippen LogP) is 3.21. The van der Waals surface area contributed by atoms with Crippen molar-refractivity contribution >= 4 is 35.0 Å². The van der Waals surface area contributed by atoms with Crippen molar-refractivity contribution < 1.29 is 9.72 Å². The Hall–Kier alpha value is -1.27. The van der Waals surface area contributed by atoms with E-state index in [4.69, 9.17) is 11.6 Å². The molecular formula is C13H15ClN2O3S. The van der Waals surface area contributed by atoms with Gasteiger partial charge in [-0.15, -0.1) is 0 Å². The molecule has 1 aromatic carbocycles. The van der Waals surface area contributed by atoms with Gasteiger partial charge in [0.25, 0.3) is 11.6 Å². The molecule has 2 rings (SSSR count). The molecule has 108 valence electrons. The molecule has 1 aromatic rings. The SMILES string of the molecule is CC1CN(C(=O)c2ccc(Cl)c([N+](=O)[O-])c2)CC(C)S1. The molecule has 7 heteroatoms. The Morgan fingerprint density at radius 2 is 2.00 bits per heavy atom. The summed E-state index contributed by atoms with van der Waals surface area (Å²) in [6.07, 6.45) is 0. The highest BCUT2D eigenvalue weighted by molar-refractivity contribution is 8.00. The van der Waals surface area contributed by atoms with Gasteiger partial charge in [0.05, 0.1) is 4.92 Å². The van der Waals surface area contributed by atoms with E-state index in [-0.39, 0.29) is 16.6 Å². The zero-order chi connectivity index (χ0) is 14.9. The van der Waals surface area contributed by atoms with Crippen molar-refractivity contribution in [3.05, 3.63) is 38.9 Å². The fraction of sp³-hybridized carbons (Fsp3) is 0.462. The molecule has 0 N–H and O–H groups in total. The van der Waals surface area contributed by atoms with Gasteiger partial charge in [-0.2, -0.15) is 11.8 Å². The van der Waals surface area contributed by atoms with Crippen molar-refractivity contribution in [2.75, 3.05) is 13.1 Å². The first-order valence-corrected chi connectivity index (χ1v) is 7.59. The van der Waals surface area contributed by atoms with Gasteiger partial charge in [0, 0.05) is 35.2 Å². The highest BCUT2D eigenvalue weighted by atomic mass is 35.5. The summed E-state index contributed by atoms with van der Waals surface area (Å²) in [5.41, 5.74) is 0.0809. The fourth-order valence-electron chi connectivity index (χ4n) is 2.31. The van der Waals surface area contributed by atoms with Gasteiger partial charge in [0.1, 0.15) is 5.02 Å². The van der Waals surface area contributed by atoms with Crippen LogP contribution in [0, 0.1) is 10.1 Å². The minimum Gasteiger partial charge on any atom is -0.336 e. The number of nitrogens with zero attached hydrogens (tertiary/aromatic N) is 2. The van der Waals surface area contributed by atoms with E-state index >= 15 is 0 Å². The second-order valence-corrected chi connectivity index (χ2v) is 7.18. The molecule has 0 aromatic heterocycles. The summed E-state index contributed by atoms with van der Waals surface area (Å²) in [6, 6.07) is 4.19. The topological polar surface area (TPSA) is 63.5 Å². The summed E-state index contributed by atoms with van der Waals surface area (Å²) < 4.78 is 0. The van der Waals surface area contributed by atoms with E-state index in [1.54, 1.807) is 4.90 Å². The summed E-state index contributed by atoms with van der Waals surface area (Å²) in [4.78, 5) is 24.5. The van der Waals surface area contributed by atoms with Crippen LogP contribution in [0.2, 0.25) is 5.02 Å². The lowest BCUT2D eigenvalue weighted by Crippen LogP contribution is -2.44. The fourth-order valence-corrected chi connectivity index (χ4v) is 3.82. The number of carbonyl (C=O) groups excluding carboxylic acids is 1. The van der Waals surface area contributed by atoms with Crippen LogP contribution in [0.5, 0.6) is 0 Å². The zero-order valence-corrected chi connectivity index (χ0v) is 12.8. The quantitative estimate of drug-likeness (QED) is 0.621. The molecule has 0 spiro atoms. The number of benzene rings is 1. The molecule has 0 aliphatic carbocycles. The van der Waals surface area contributed by atoms with E-state index in [1.165, 1.54) is 18.2 Å². The normalized spacial score (nSPS) is 22.6. The molecule has 2 unspecified atom stereocenters. The Morgan fingerprint density at radius 1 is 1.40 bits per heavy atom. The number of thioether (sulfide) groups is 1. The van der Waals surface area contributed by atoms with Crippen molar-refractivity contribution in [3.63, 3.8) is 0 Å². The van der Waals surface area contributed by atoms with Crippen molar-refractivity contribution in [3.8, 4) is 0 Å². The maximum atomic E-state index is 12.4. The Labute approximate surface area is 126 Å². The first-order valence-electron chi connectivity index (χ1n) is 6.27. The summed E-state index contributed by atoms with van der Waals surface area (Å²) in [7, 11) is 0. The molecule has 1 aliphatic rings. The molecule has 1 fully saturated rings. The summed E-state index contributed by atoms with van der Waals surface area (Å²) >= 11 is 7.60. The third-order valence-electron chi connectivity index (χ3n) is 3.10. The van der Waals surface area contributed by atoms with Gasteiger partial charge in [-0.3, -0.25) is 14.9 Å². The predicted molar refractivity (Wildman–Crippen MR) is 80.5 cm³/mol. The third-order valence-corrected chi connectivity index (χ3v) is 4.64. The van der Waals surface area contributed by atoms with Crippen LogP contribution in [0.25, 0.3) is 0 Å². The van der Waals surface area contributed by atoms with Crippen LogP contribution >= 0.6 is 23.4 Å². The average Bonchev–Trinajstić information content (AvgIpc) is 2.37. The molecule has 20 heavy (non-hydrogen) atoms. The molecule has 0 bridgehead atoms.